The van der Waals surface area contributed by atoms with E-state index in [-0.39, 0.29) is 0 Å². The van der Waals surface area contributed by atoms with E-state index in [1.165, 1.54) is 0 Å². The van der Waals surface area contributed by atoms with Crippen LogP contribution in [0, 0.1) is 11.6 Å². The molecule has 0 saturated carbocycles. The van der Waals surface area contributed by atoms with E-state index in [1.807, 2.05) is 19.2 Å². The molecule has 2 aromatic carbocycles. The normalized spacial score (nSPS) is 15.9. The lowest BCUT2D eigenvalue weighted by atomic mass is 10.2. The molecular weight excluding hydrogens is 428 g/mol. The van der Waals surface area contributed by atoms with Gasteiger partial charge in [0, 0.05) is 36.7 Å². The van der Waals surface area contributed by atoms with Gasteiger partial charge in [0.15, 0.2) is 0 Å². The van der Waals surface area contributed by atoms with Gasteiger partial charge < -0.3 is 9.80 Å². The molecule has 0 radical (unpaired) electrons. The first-order chi connectivity index (χ1) is 12.2. The number of halogens is 3. The van der Waals surface area contributed by atoms with Gasteiger partial charge in [-0.1, -0.05) is 15.9 Å². The molecule has 5 nitrogen and oxygen atoms in total. The van der Waals surface area contributed by atoms with E-state index < -0.39 is 26.6 Å². The van der Waals surface area contributed by atoms with Crippen LogP contribution >= 0.6 is 15.9 Å². The summed E-state index contributed by atoms with van der Waals surface area (Å²) in [5.74, 6) is -1.89. The van der Waals surface area contributed by atoms with Crippen LogP contribution in [0.1, 0.15) is 0 Å². The molecule has 1 heterocycles. The number of likely N-dealkylation sites (N-methyl/N-ethyl adjacent to an activating group) is 1. The van der Waals surface area contributed by atoms with Crippen molar-refractivity contribution >= 4 is 37.3 Å². The predicted molar refractivity (Wildman–Crippen MR) is 101 cm³/mol. The Balaban J connectivity index is 1.94. The van der Waals surface area contributed by atoms with Gasteiger partial charge in [0.05, 0.1) is 16.3 Å². The van der Waals surface area contributed by atoms with Crippen LogP contribution in [0.15, 0.2) is 45.8 Å². The molecule has 1 aliphatic rings. The highest BCUT2D eigenvalue weighted by Crippen LogP contribution is 2.32. The van der Waals surface area contributed by atoms with Crippen LogP contribution in [0.2, 0.25) is 0 Å². The van der Waals surface area contributed by atoms with E-state index in [4.69, 9.17) is 0 Å². The van der Waals surface area contributed by atoms with Gasteiger partial charge in [-0.3, -0.25) is 4.72 Å². The van der Waals surface area contributed by atoms with E-state index in [9.17, 15) is 17.2 Å². The maximum atomic E-state index is 13.4. The maximum absolute atomic E-state index is 13.4. The SMILES string of the molecule is CN1CCN(c2ccc(Br)cc2NS(=O)(=O)c2cc(F)cc(F)c2)CC1. The molecule has 2 aromatic rings. The Kier molecular flexibility index (Phi) is 5.50. The molecule has 0 unspecified atom stereocenters. The Morgan fingerprint density at radius 3 is 2.23 bits per heavy atom. The lowest BCUT2D eigenvalue weighted by Gasteiger charge is -2.35. The minimum atomic E-state index is -4.13. The number of benzene rings is 2. The van der Waals surface area contributed by atoms with E-state index in [2.05, 4.69) is 30.5 Å². The predicted octanol–water partition coefficient (Wildman–Crippen LogP) is 3.28. The van der Waals surface area contributed by atoms with Crippen LogP contribution in [-0.4, -0.2) is 46.5 Å². The smallest absolute Gasteiger partial charge is 0.262 e. The first kappa shape index (κ1) is 19.1. The van der Waals surface area contributed by atoms with E-state index >= 15 is 0 Å². The van der Waals surface area contributed by atoms with Crippen molar-refractivity contribution in [1.82, 2.24) is 4.90 Å². The van der Waals surface area contributed by atoms with Crippen molar-refractivity contribution < 1.29 is 17.2 Å². The number of hydrogen-bond donors (Lipinski definition) is 1. The second-order valence-corrected chi connectivity index (χ2v) is 8.76. The second kappa shape index (κ2) is 7.50. The molecule has 0 atom stereocenters. The van der Waals surface area contributed by atoms with Crippen LogP contribution in [0.4, 0.5) is 20.2 Å². The summed E-state index contributed by atoms with van der Waals surface area (Å²) in [7, 11) is -2.11. The minimum absolute atomic E-state index is 0.355. The highest BCUT2D eigenvalue weighted by molar-refractivity contribution is 9.10. The van der Waals surface area contributed by atoms with E-state index in [0.717, 1.165) is 44.0 Å². The lowest BCUT2D eigenvalue weighted by Crippen LogP contribution is -2.44. The fourth-order valence-corrected chi connectivity index (χ4v) is 4.27. The molecule has 0 aromatic heterocycles. The van der Waals surface area contributed by atoms with Crippen LogP contribution in [0.3, 0.4) is 0 Å². The summed E-state index contributed by atoms with van der Waals surface area (Å²) in [4.78, 5) is 3.81. The van der Waals surface area contributed by atoms with Crippen LogP contribution < -0.4 is 9.62 Å². The van der Waals surface area contributed by atoms with Gasteiger partial charge in [0.25, 0.3) is 10.0 Å². The topological polar surface area (TPSA) is 52.6 Å². The zero-order chi connectivity index (χ0) is 18.9. The first-order valence-corrected chi connectivity index (χ1v) is 10.2. The summed E-state index contributed by atoms with van der Waals surface area (Å²) in [6, 6.07) is 7.50. The summed E-state index contributed by atoms with van der Waals surface area (Å²) in [6.45, 7) is 3.22. The van der Waals surface area contributed by atoms with Crippen molar-refractivity contribution in [2.45, 2.75) is 4.90 Å². The average Bonchev–Trinajstić information content (AvgIpc) is 2.55. The third-order valence-corrected chi connectivity index (χ3v) is 6.03. The Morgan fingerprint density at radius 2 is 1.62 bits per heavy atom. The van der Waals surface area contributed by atoms with Gasteiger partial charge >= 0.3 is 0 Å². The zero-order valence-electron chi connectivity index (χ0n) is 14.0. The molecule has 140 valence electrons. The lowest BCUT2D eigenvalue weighted by molar-refractivity contribution is 0.313. The van der Waals surface area contributed by atoms with Crippen molar-refractivity contribution in [3.8, 4) is 0 Å². The van der Waals surface area contributed by atoms with Gasteiger partial charge in [-0.2, -0.15) is 0 Å². The summed E-state index contributed by atoms with van der Waals surface area (Å²) in [5.41, 5.74) is 1.08. The summed E-state index contributed by atoms with van der Waals surface area (Å²) in [6.07, 6.45) is 0. The summed E-state index contributed by atoms with van der Waals surface area (Å²) >= 11 is 3.34. The maximum Gasteiger partial charge on any atom is 0.262 e. The quantitative estimate of drug-likeness (QED) is 0.784. The molecule has 3 rings (SSSR count). The molecule has 26 heavy (non-hydrogen) atoms. The molecule has 1 N–H and O–H groups in total. The van der Waals surface area contributed by atoms with Gasteiger partial charge in [-0.25, -0.2) is 17.2 Å². The number of nitrogens with zero attached hydrogens (tertiary/aromatic N) is 2. The standard InChI is InChI=1S/C17H18BrF2N3O2S/c1-22-4-6-23(7-5-22)17-3-2-12(18)8-16(17)21-26(24,25)15-10-13(19)9-14(20)11-15/h2-3,8-11,21H,4-7H2,1H3. The fourth-order valence-electron chi connectivity index (χ4n) is 2.80. The Labute approximate surface area is 159 Å². The van der Waals surface area contributed by atoms with E-state index in [1.54, 1.807) is 6.07 Å². The monoisotopic (exact) mass is 445 g/mol. The molecular formula is C17H18BrF2N3O2S. The van der Waals surface area contributed by atoms with Crippen molar-refractivity contribution in [2.24, 2.45) is 0 Å². The van der Waals surface area contributed by atoms with Gasteiger partial charge in [0.1, 0.15) is 11.6 Å². The third-order valence-electron chi connectivity index (χ3n) is 4.19. The molecule has 0 aliphatic carbocycles. The fraction of sp³-hybridized carbons (Fsp3) is 0.294. The molecule has 1 fully saturated rings. The van der Waals surface area contributed by atoms with Crippen molar-refractivity contribution in [1.29, 1.82) is 0 Å². The zero-order valence-corrected chi connectivity index (χ0v) is 16.4. The molecule has 9 heteroatoms. The average molecular weight is 446 g/mol. The summed E-state index contributed by atoms with van der Waals surface area (Å²) in [5, 5.41) is 0. The number of hydrogen-bond acceptors (Lipinski definition) is 4. The van der Waals surface area contributed by atoms with Crippen molar-refractivity contribution in [2.75, 3.05) is 42.8 Å². The van der Waals surface area contributed by atoms with Crippen LogP contribution in [0.25, 0.3) is 0 Å². The number of rotatable bonds is 4. The minimum Gasteiger partial charge on any atom is -0.367 e. The summed E-state index contributed by atoms with van der Waals surface area (Å²) < 4.78 is 55.2. The van der Waals surface area contributed by atoms with Crippen LogP contribution in [-0.2, 0) is 10.0 Å². The van der Waals surface area contributed by atoms with Crippen LogP contribution in [0.5, 0.6) is 0 Å². The second-order valence-electron chi connectivity index (χ2n) is 6.16. The Hall–Kier alpha value is -1.71. The largest absolute Gasteiger partial charge is 0.367 e. The highest BCUT2D eigenvalue weighted by atomic mass is 79.9. The molecule has 0 spiro atoms. The number of sulfonamides is 1. The van der Waals surface area contributed by atoms with Gasteiger partial charge in [-0.15, -0.1) is 0 Å². The third kappa shape index (κ3) is 4.33. The Bertz CT molecular complexity index is 896. The number of piperazine rings is 1. The van der Waals surface area contributed by atoms with E-state index in [0.29, 0.717) is 16.2 Å². The molecule has 1 aliphatic heterocycles. The van der Waals surface area contributed by atoms with Crippen molar-refractivity contribution in [3.63, 3.8) is 0 Å². The van der Waals surface area contributed by atoms with Crippen molar-refractivity contribution in [3.05, 3.63) is 52.5 Å². The molecule has 0 bridgehead atoms. The molecule has 1 saturated heterocycles. The number of anilines is 2. The molecule has 0 amide bonds. The number of nitrogens with one attached hydrogen (secondary N) is 1. The first-order valence-electron chi connectivity index (χ1n) is 7.96. The van der Waals surface area contributed by atoms with Gasteiger partial charge in [-0.05, 0) is 37.4 Å². The Morgan fingerprint density at radius 1 is 1.00 bits per heavy atom. The van der Waals surface area contributed by atoms with Gasteiger partial charge in [0.2, 0.25) is 0 Å². The highest BCUT2D eigenvalue weighted by Gasteiger charge is 2.22.